The molecule has 116 valence electrons. The van der Waals surface area contributed by atoms with Gasteiger partial charge in [-0.25, -0.2) is 9.97 Å². The lowest BCUT2D eigenvalue weighted by Gasteiger charge is -2.16. The minimum Gasteiger partial charge on any atom is -0.347 e. The van der Waals surface area contributed by atoms with Crippen molar-refractivity contribution in [3.05, 3.63) is 53.9 Å². The molecule has 1 aromatic heterocycles. The number of benzene rings is 1. The number of nitrogens with zero attached hydrogens (tertiary/aromatic N) is 3. The Balaban J connectivity index is 1.97. The summed E-state index contributed by atoms with van der Waals surface area (Å²) < 4.78 is 0. The summed E-state index contributed by atoms with van der Waals surface area (Å²) in [6.07, 6.45) is 3.81. The quantitative estimate of drug-likeness (QED) is 0.853. The normalized spacial score (nSPS) is 10.3. The van der Waals surface area contributed by atoms with Crippen molar-refractivity contribution < 1.29 is 4.79 Å². The molecule has 2 aromatic rings. The van der Waals surface area contributed by atoms with Crippen LogP contribution in [0.5, 0.6) is 0 Å². The van der Waals surface area contributed by atoms with Crippen molar-refractivity contribution in [2.24, 2.45) is 0 Å². The molecule has 0 aliphatic carbocycles. The van der Waals surface area contributed by atoms with Crippen LogP contribution < -0.4 is 10.2 Å². The summed E-state index contributed by atoms with van der Waals surface area (Å²) in [5.74, 6) is 0.400. The smallest absolute Gasteiger partial charge is 0.270 e. The summed E-state index contributed by atoms with van der Waals surface area (Å²) >= 11 is 0. The fourth-order valence-electron chi connectivity index (χ4n) is 2.02. The molecule has 1 heterocycles. The third kappa shape index (κ3) is 4.55. The second-order valence-corrected chi connectivity index (χ2v) is 5.19. The molecule has 5 heteroatoms. The van der Waals surface area contributed by atoms with Crippen molar-refractivity contribution in [2.75, 3.05) is 18.5 Å². The van der Waals surface area contributed by atoms with Crippen LogP contribution in [0, 0.1) is 0 Å². The average Bonchev–Trinajstić information content (AvgIpc) is 2.58. The van der Waals surface area contributed by atoms with Crippen LogP contribution in [0.2, 0.25) is 0 Å². The van der Waals surface area contributed by atoms with E-state index in [4.69, 9.17) is 0 Å². The molecule has 1 amide bonds. The largest absolute Gasteiger partial charge is 0.347 e. The van der Waals surface area contributed by atoms with E-state index in [-0.39, 0.29) is 5.91 Å². The van der Waals surface area contributed by atoms with E-state index in [9.17, 15) is 4.79 Å². The molecule has 0 radical (unpaired) electrons. The van der Waals surface area contributed by atoms with E-state index >= 15 is 0 Å². The number of hydrogen-bond acceptors (Lipinski definition) is 4. The molecule has 1 aromatic carbocycles. The molecule has 0 aliphatic rings. The van der Waals surface area contributed by atoms with Gasteiger partial charge >= 0.3 is 0 Å². The lowest BCUT2D eigenvalue weighted by molar-refractivity contribution is 0.0946. The maximum Gasteiger partial charge on any atom is 0.270 e. The van der Waals surface area contributed by atoms with Crippen molar-refractivity contribution in [3.8, 4) is 0 Å². The molecule has 0 saturated carbocycles. The van der Waals surface area contributed by atoms with Crippen LogP contribution >= 0.6 is 0 Å². The molecule has 0 bridgehead atoms. The van der Waals surface area contributed by atoms with E-state index in [1.807, 2.05) is 42.3 Å². The number of nitrogens with one attached hydrogen (secondary N) is 1. The van der Waals surface area contributed by atoms with E-state index in [1.165, 1.54) is 0 Å². The number of carbonyl (C=O) groups is 1. The average molecular weight is 298 g/mol. The van der Waals surface area contributed by atoms with E-state index in [0.29, 0.717) is 18.2 Å². The van der Waals surface area contributed by atoms with Gasteiger partial charge in [-0.15, -0.1) is 0 Å². The first-order chi connectivity index (χ1) is 10.7. The zero-order chi connectivity index (χ0) is 15.8. The molecule has 0 aliphatic heterocycles. The number of unbranched alkanes of at least 4 members (excludes halogenated alkanes) is 1. The molecule has 2 rings (SSSR count). The Morgan fingerprint density at radius 1 is 1.23 bits per heavy atom. The molecule has 0 saturated heterocycles. The van der Waals surface area contributed by atoms with Gasteiger partial charge in [0.2, 0.25) is 5.95 Å². The highest BCUT2D eigenvalue weighted by Gasteiger charge is 2.10. The predicted octanol–water partition coefficient (Wildman–Crippen LogP) is 2.64. The van der Waals surface area contributed by atoms with Crippen LogP contribution in [0.3, 0.4) is 0 Å². The summed E-state index contributed by atoms with van der Waals surface area (Å²) in [4.78, 5) is 22.7. The fraction of sp³-hybridized carbons (Fsp3) is 0.353. The van der Waals surface area contributed by atoms with Gasteiger partial charge in [0.15, 0.2) is 0 Å². The second kappa shape index (κ2) is 8.12. The maximum atomic E-state index is 12.2. The van der Waals surface area contributed by atoms with Gasteiger partial charge in [0.1, 0.15) is 5.69 Å². The van der Waals surface area contributed by atoms with E-state index in [0.717, 1.165) is 24.9 Å². The van der Waals surface area contributed by atoms with E-state index < -0.39 is 0 Å². The molecule has 0 fully saturated rings. The van der Waals surface area contributed by atoms with Gasteiger partial charge in [-0.2, -0.15) is 0 Å². The van der Waals surface area contributed by atoms with E-state index in [1.54, 1.807) is 12.3 Å². The molecule has 0 spiro atoms. The number of anilines is 1. The van der Waals surface area contributed by atoms with Gasteiger partial charge in [-0.3, -0.25) is 4.79 Å². The summed E-state index contributed by atoms with van der Waals surface area (Å²) in [6, 6.07) is 11.4. The first kappa shape index (κ1) is 15.9. The number of rotatable bonds is 7. The van der Waals surface area contributed by atoms with Crippen LogP contribution in [-0.2, 0) is 6.54 Å². The Bertz CT molecular complexity index is 601. The van der Waals surface area contributed by atoms with Gasteiger partial charge in [-0.05, 0) is 18.1 Å². The zero-order valence-corrected chi connectivity index (χ0v) is 13.1. The van der Waals surface area contributed by atoms with Gasteiger partial charge in [0.25, 0.3) is 5.91 Å². The van der Waals surface area contributed by atoms with Crippen LogP contribution in [0.4, 0.5) is 5.95 Å². The highest BCUT2D eigenvalue weighted by atomic mass is 16.1. The molecule has 22 heavy (non-hydrogen) atoms. The number of aromatic nitrogens is 2. The van der Waals surface area contributed by atoms with Crippen molar-refractivity contribution in [2.45, 2.75) is 26.3 Å². The first-order valence-corrected chi connectivity index (χ1v) is 7.57. The Kier molecular flexibility index (Phi) is 5.89. The molecular formula is C17H22N4O. The third-order valence-corrected chi connectivity index (χ3v) is 3.36. The van der Waals surface area contributed by atoms with Crippen LogP contribution in [0.15, 0.2) is 42.6 Å². The lowest BCUT2D eigenvalue weighted by Crippen LogP contribution is -2.26. The van der Waals surface area contributed by atoms with Crippen molar-refractivity contribution in [3.63, 3.8) is 0 Å². The topological polar surface area (TPSA) is 58.1 Å². The SMILES string of the molecule is CCCCN(C)c1nccc(C(=O)NCc2ccccc2)n1. The monoisotopic (exact) mass is 298 g/mol. The maximum absolute atomic E-state index is 12.2. The highest BCUT2D eigenvalue weighted by Crippen LogP contribution is 2.07. The third-order valence-electron chi connectivity index (χ3n) is 3.36. The summed E-state index contributed by atoms with van der Waals surface area (Å²) in [5.41, 5.74) is 1.45. The van der Waals surface area contributed by atoms with Crippen molar-refractivity contribution in [1.82, 2.24) is 15.3 Å². The van der Waals surface area contributed by atoms with Crippen molar-refractivity contribution >= 4 is 11.9 Å². The van der Waals surface area contributed by atoms with E-state index in [2.05, 4.69) is 22.2 Å². The number of amides is 1. The Morgan fingerprint density at radius 2 is 2.00 bits per heavy atom. The molecule has 0 unspecified atom stereocenters. The minimum atomic E-state index is -0.184. The number of hydrogen-bond donors (Lipinski definition) is 1. The van der Waals surface area contributed by atoms with Gasteiger partial charge < -0.3 is 10.2 Å². The molecule has 0 atom stereocenters. The van der Waals surface area contributed by atoms with Crippen molar-refractivity contribution in [1.29, 1.82) is 0 Å². The Hall–Kier alpha value is -2.43. The van der Waals surface area contributed by atoms with Gasteiger partial charge in [-0.1, -0.05) is 43.7 Å². The van der Waals surface area contributed by atoms with Crippen LogP contribution in [0.25, 0.3) is 0 Å². The summed E-state index contributed by atoms with van der Waals surface area (Å²) in [5, 5.41) is 2.88. The second-order valence-electron chi connectivity index (χ2n) is 5.19. The minimum absolute atomic E-state index is 0.184. The van der Waals surface area contributed by atoms with Crippen LogP contribution in [-0.4, -0.2) is 29.5 Å². The van der Waals surface area contributed by atoms with Gasteiger partial charge in [0, 0.05) is 26.3 Å². The lowest BCUT2D eigenvalue weighted by atomic mass is 10.2. The highest BCUT2D eigenvalue weighted by molar-refractivity contribution is 5.92. The molecule has 5 nitrogen and oxygen atoms in total. The Morgan fingerprint density at radius 3 is 2.73 bits per heavy atom. The molecule has 1 N–H and O–H groups in total. The number of carbonyl (C=O) groups excluding carboxylic acids is 1. The van der Waals surface area contributed by atoms with Gasteiger partial charge in [0.05, 0.1) is 0 Å². The first-order valence-electron chi connectivity index (χ1n) is 7.57. The molecular weight excluding hydrogens is 276 g/mol. The zero-order valence-electron chi connectivity index (χ0n) is 13.1. The summed E-state index contributed by atoms with van der Waals surface area (Å²) in [7, 11) is 1.94. The predicted molar refractivity (Wildman–Crippen MR) is 87.8 cm³/mol. The Labute approximate surface area is 131 Å². The standard InChI is InChI=1S/C17H22N4O/c1-3-4-12-21(2)17-18-11-10-15(20-17)16(22)19-13-14-8-6-5-7-9-14/h5-11H,3-4,12-13H2,1-2H3,(H,19,22). The fourth-order valence-corrected chi connectivity index (χ4v) is 2.02. The van der Waals surface area contributed by atoms with Crippen LogP contribution in [0.1, 0.15) is 35.8 Å². The summed E-state index contributed by atoms with van der Waals surface area (Å²) in [6.45, 7) is 3.51.